The predicted octanol–water partition coefficient (Wildman–Crippen LogP) is 0.563. The van der Waals surface area contributed by atoms with Crippen LogP contribution in [0.2, 0.25) is 0 Å². The van der Waals surface area contributed by atoms with Crippen molar-refractivity contribution in [1.29, 1.82) is 0 Å². The van der Waals surface area contributed by atoms with Crippen LogP contribution in [-0.2, 0) is 24.0 Å². The van der Waals surface area contributed by atoms with Crippen molar-refractivity contribution in [2.24, 2.45) is 17.6 Å². The van der Waals surface area contributed by atoms with Crippen LogP contribution in [0.3, 0.4) is 0 Å². The summed E-state index contributed by atoms with van der Waals surface area (Å²) in [7, 11) is 0. The largest absolute Gasteiger partial charge is 0.481 e. The monoisotopic (exact) mass is 504 g/mol. The molecule has 0 heterocycles. The number of aliphatic carboxylic acids is 2. The Morgan fingerprint density at radius 3 is 1.85 bits per heavy atom. The molecule has 0 rings (SSSR count). The first-order valence-corrected chi connectivity index (χ1v) is 12.9. The van der Waals surface area contributed by atoms with Gasteiger partial charge < -0.3 is 31.9 Å². The van der Waals surface area contributed by atoms with Crippen molar-refractivity contribution >= 4 is 41.4 Å². The second kappa shape index (κ2) is 16.3. The van der Waals surface area contributed by atoms with E-state index in [-0.39, 0.29) is 24.7 Å². The molecule has 0 aromatic carbocycles. The van der Waals surface area contributed by atoms with Crippen molar-refractivity contribution in [2.75, 3.05) is 12.0 Å². The molecular weight excluding hydrogens is 464 g/mol. The Kier molecular flexibility index (Phi) is 15.2. The van der Waals surface area contributed by atoms with Gasteiger partial charge in [-0.05, 0) is 36.7 Å². The number of amides is 3. The summed E-state index contributed by atoms with van der Waals surface area (Å²) in [4.78, 5) is 60.8. The quantitative estimate of drug-likeness (QED) is 0.164. The van der Waals surface area contributed by atoms with E-state index >= 15 is 0 Å². The summed E-state index contributed by atoms with van der Waals surface area (Å²) in [6.45, 7) is 7.41. The van der Waals surface area contributed by atoms with Gasteiger partial charge in [0, 0.05) is 6.42 Å². The molecule has 6 atom stereocenters. The highest BCUT2D eigenvalue weighted by molar-refractivity contribution is 7.98. The first kappa shape index (κ1) is 31.7. The van der Waals surface area contributed by atoms with E-state index < -0.39 is 60.2 Å². The van der Waals surface area contributed by atoms with Crippen molar-refractivity contribution in [3.8, 4) is 0 Å². The summed E-state index contributed by atoms with van der Waals surface area (Å²) >= 11 is 1.44. The van der Waals surface area contributed by atoms with Gasteiger partial charge in [0.25, 0.3) is 0 Å². The smallest absolute Gasteiger partial charge is 0.326 e. The van der Waals surface area contributed by atoms with E-state index in [9.17, 15) is 29.1 Å². The molecule has 0 aliphatic rings. The molecule has 196 valence electrons. The molecule has 12 heteroatoms. The Morgan fingerprint density at radius 1 is 0.824 bits per heavy atom. The first-order chi connectivity index (χ1) is 15.9. The average Bonchev–Trinajstić information content (AvgIpc) is 2.80. The average molecular weight is 505 g/mol. The fourth-order valence-corrected chi connectivity index (χ4v) is 3.50. The lowest BCUT2D eigenvalue weighted by atomic mass is 9.95. The van der Waals surface area contributed by atoms with Gasteiger partial charge in [-0.15, -0.1) is 0 Å². The second-order valence-electron chi connectivity index (χ2n) is 8.46. The molecular formula is C22H40N4O7S. The summed E-state index contributed by atoms with van der Waals surface area (Å²) in [6.07, 6.45) is 2.59. The van der Waals surface area contributed by atoms with Crippen molar-refractivity contribution in [3.05, 3.63) is 0 Å². The maximum atomic E-state index is 13.1. The van der Waals surface area contributed by atoms with E-state index in [1.807, 2.05) is 27.0 Å². The van der Waals surface area contributed by atoms with E-state index in [0.29, 0.717) is 18.6 Å². The molecule has 0 aliphatic carbocycles. The summed E-state index contributed by atoms with van der Waals surface area (Å²) in [5.74, 6) is -4.14. The highest BCUT2D eigenvalue weighted by Gasteiger charge is 2.33. The molecule has 0 aromatic heterocycles. The van der Waals surface area contributed by atoms with E-state index in [1.165, 1.54) is 11.8 Å². The van der Waals surface area contributed by atoms with Crippen molar-refractivity contribution in [3.63, 3.8) is 0 Å². The third-order valence-electron chi connectivity index (χ3n) is 5.86. The minimum atomic E-state index is -1.41. The second-order valence-corrected chi connectivity index (χ2v) is 9.44. The number of nitrogens with two attached hydrogens (primary N) is 1. The number of thioether (sulfide) groups is 1. The predicted molar refractivity (Wildman–Crippen MR) is 130 cm³/mol. The molecule has 0 aliphatic heterocycles. The van der Waals surface area contributed by atoms with Crippen LogP contribution in [-0.4, -0.2) is 76.0 Å². The number of carboxylic acid groups (broad SMARTS) is 2. The Balaban J connectivity index is 5.55. The summed E-state index contributed by atoms with van der Waals surface area (Å²) in [5.41, 5.74) is 6.00. The molecule has 0 radical (unpaired) electrons. The minimum absolute atomic E-state index is 0.0838. The highest BCUT2D eigenvalue weighted by atomic mass is 32.2. The number of hydrogen-bond acceptors (Lipinski definition) is 7. The number of nitrogens with one attached hydrogen (secondary N) is 3. The number of carboxylic acids is 2. The van der Waals surface area contributed by atoms with E-state index in [1.54, 1.807) is 6.92 Å². The van der Waals surface area contributed by atoms with Gasteiger partial charge in [-0.2, -0.15) is 11.8 Å². The Labute approximate surface area is 205 Å². The van der Waals surface area contributed by atoms with Crippen LogP contribution < -0.4 is 21.7 Å². The van der Waals surface area contributed by atoms with Crippen LogP contribution in [0.15, 0.2) is 0 Å². The van der Waals surface area contributed by atoms with Gasteiger partial charge in [0.1, 0.15) is 18.1 Å². The van der Waals surface area contributed by atoms with Crippen molar-refractivity contribution in [1.82, 2.24) is 16.0 Å². The molecule has 6 unspecified atom stereocenters. The first-order valence-electron chi connectivity index (χ1n) is 11.5. The Morgan fingerprint density at radius 2 is 1.38 bits per heavy atom. The van der Waals surface area contributed by atoms with Crippen LogP contribution in [0, 0.1) is 11.8 Å². The highest BCUT2D eigenvalue weighted by Crippen LogP contribution is 2.12. The summed E-state index contributed by atoms with van der Waals surface area (Å²) in [5, 5.41) is 25.8. The molecule has 0 fully saturated rings. The van der Waals surface area contributed by atoms with Gasteiger partial charge in [0.15, 0.2) is 0 Å². The van der Waals surface area contributed by atoms with Gasteiger partial charge in [-0.25, -0.2) is 4.79 Å². The Hall–Kier alpha value is -2.34. The zero-order valence-corrected chi connectivity index (χ0v) is 21.4. The number of hydrogen-bond donors (Lipinski definition) is 6. The van der Waals surface area contributed by atoms with Gasteiger partial charge in [0.2, 0.25) is 17.7 Å². The van der Waals surface area contributed by atoms with Crippen molar-refractivity contribution < 1.29 is 34.2 Å². The van der Waals surface area contributed by atoms with Crippen molar-refractivity contribution in [2.45, 2.75) is 84.0 Å². The van der Waals surface area contributed by atoms with E-state index in [4.69, 9.17) is 10.8 Å². The summed E-state index contributed by atoms with van der Waals surface area (Å²) in [6, 6.07) is -4.18. The van der Waals surface area contributed by atoms with Gasteiger partial charge in [-0.3, -0.25) is 19.2 Å². The maximum Gasteiger partial charge on any atom is 0.326 e. The number of carbonyl (C=O) groups is 5. The lowest BCUT2D eigenvalue weighted by Crippen LogP contribution is -2.59. The molecule has 0 saturated heterocycles. The van der Waals surface area contributed by atoms with Gasteiger partial charge >= 0.3 is 11.9 Å². The van der Waals surface area contributed by atoms with E-state index in [0.717, 1.165) is 0 Å². The summed E-state index contributed by atoms with van der Waals surface area (Å²) < 4.78 is 0. The fraction of sp³-hybridized carbons (Fsp3) is 0.773. The molecule has 3 amide bonds. The topological polar surface area (TPSA) is 188 Å². The molecule has 0 saturated carbocycles. The lowest BCUT2D eigenvalue weighted by molar-refractivity contribution is -0.143. The SMILES string of the molecule is CCC(C)C(N)C(=O)NC(C(=O)NC(CCSC)C(=O)NC(CCC(=O)O)C(=O)O)C(C)CC. The maximum absolute atomic E-state index is 13.1. The van der Waals surface area contributed by atoms with Gasteiger partial charge in [0.05, 0.1) is 6.04 Å². The Bertz CT molecular complexity index is 707. The molecule has 0 spiro atoms. The number of carbonyl (C=O) groups excluding carboxylic acids is 3. The molecule has 11 nitrogen and oxygen atoms in total. The van der Waals surface area contributed by atoms with E-state index in [2.05, 4.69) is 16.0 Å². The standard InChI is InChI=1S/C22H40N4O7S/c1-6-12(3)17(23)20(30)26-18(13(4)7-2)21(31)24-14(10-11-34-5)19(29)25-15(22(32)33)8-9-16(27)28/h12-15,17-18H,6-11,23H2,1-5H3,(H,24,31)(H,25,29)(H,26,30)(H,27,28)(H,32,33). The lowest BCUT2D eigenvalue weighted by Gasteiger charge is -2.28. The fourth-order valence-electron chi connectivity index (χ4n) is 3.03. The molecule has 0 aromatic rings. The zero-order chi connectivity index (χ0) is 26.4. The van der Waals surface area contributed by atoms with Crippen LogP contribution in [0.4, 0.5) is 0 Å². The third-order valence-corrected chi connectivity index (χ3v) is 6.50. The van der Waals surface area contributed by atoms with Crippen LogP contribution in [0.25, 0.3) is 0 Å². The van der Waals surface area contributed by atoms with Crippen LogP contribution >= 0.6 is 11.8 Å². The third kappa shape index (κ3) is 11.2. The van der Waals surface area contributed by atoms with Crippen LogP contribution in [0.5, 0.6) is 0 Å². The van der Waals surface area contributed by atoms with Gasteiger partial charge in [-0.1, -0.05) is 40.5 Å². The normalized spacial score (nSPS) is 16.3. The molecule has 34 heavy (non-hydrogen) atoms. The number of rotatable bonds is 17. The molecule has 7 N–H and O–H groups in total. The van der Waals surface area contributed by atoms with Crippen LogP contribution in [0.1, 0.15) is 59.8 Å². The minimum Gasteiger partial charge on any atom is -0.481 e. The zero-order valence-electron chi connectivity index (χ0n) is 20.6. The molecule has 0 bridgehead atoms.